The molecule has 0 aromatic heterocycles. The zero-order valence-electron chi connectivity index (χ0n) is 8.29. The lowest BCUT2D eigenvalue weighted by Gasteiger charge is -2.38. The van der Waals surface area contributed by atoms with Gasteiger partial charge in [0.25, 0.3) is 0 Å². The predicted octanol–water partition coefficient (Wildman–Crippen LogP) is 0.143. The Morgan fingerprint density at radius 3 is 2.62 bits per heavy atom. The number of aliphatic carboxylic acids is 1. The first-order valence-corrected chi connectivity index (χ1v) is 4.82. The molecule has 1 aliphatic rings. The first-order valence-electron chi connectivity index (χ1n) is 4.82. The first-order chi connectivity index (χ1) is 6.16. The highest BCUT2D eigenvalue weighted by molar-refractivity contribution is 5.73. The maximum atomic E-state index is 10.9. The molecular formula is C9H18N2O2. The molecular weight excluding hydrogens is 168 g/mol. The molecule has 0 amide bonds. The Morgan fingerprint density at radius 1 is 1.69 bits per heavy atom. The molecule has 0 aromatic rings. The molecule has 1 atom stereocenters. The Morgan fingerprint density at radius 2 is 2.31 bits per heavy atom. The van der Waals surface area contributed by atoms with Gasteiger partial charge in [0.2, 0.25) is 0 Å². The maximum Gasteiger partial charge on any atom is 0.320 e. The van der Waals surface area contributed by atoms with Crippen LogP contribution in [-0.4, -0.2) is 48.2 Å². The molecule has 0 radical (unpaired) electrons. The van der Waals surface area contributed by atoms with E-state index in [4.69, 9.17) is 5.11 Å². The van der Waals surface area contributed by atoms with Gasteiger partial charge in [-0.05, 0) is 13.5 Å². The van der Waals surface area contributed by atoms with Crippen LogP contribution in [0.2, 0.25) is 0 Å². The van der Waals surface area contributed by atoms with Gasteiger partial charge in [-0.2, -0.15) is 0 Å². The number of likely N-dealkylation sites (N-methyl/N-ethyl adjacent to an activating group) is 1. The summed E-state index contributed by atoms with van der Waals surface area (Å²) in [5.41, 5.74) is 0. The lowest BCUT2D eigenvalue weighted by Crippen LogP contribution is -2.59. The van der Waals surface area contributed by atoms with Crippen LogP contribution < -0.4 is 5.32 Å². The highest BCUT2D eigenvalue weighted by Crippen LogP contribution is 2.11. The molecule has 4 heteroatoms. The van der Waals surface area contributed by atoms with E-state index in [1.54, 1.807) is 0 Å². The van der Waals surface area contributed by atoms with E-state index in [9.17, 15) is 4.79 Å². The van der Waals surface area contributed by atoms with E-state index in [-0.39, 0.29) is 6.04 Å². The molecule has 1 unspecified atom stereocenters. The fraction of sp³-hybridized carbons (Fsp3) is 0.889. The minimum absolute atomic E-state index is 0.308. The van der Waals surface area contributed by atoms with Crippen molar-refractivity contribution < 1.29 is 9.90 Å². The molecule has 1 aliphatic heterocycles. The Bertz CT molecular complexity index is 180. The molecule has 0 spiro atoms. The van der Waals surface area contributed by atoms with Crippen molar-refractivity contribution >= 4 is 5.97 Å². The van der Waals surface area contributed by atoms with E-state index in [0.717, 1.165) is 25.9 Å². The number of rotatable bonds is 5. The van der Waals surface area contributed by atoms with Gasteiger partial charge in [-0.1, -0.05) is 13.3 Å². The lowest BCUT2D eigenvalue weighted by molar-refractivity contribution is -0.144. The fourth-order valence-electron chi connectivity index (χ4n) is 1.59. The summed E-state index contributed by atoms with van der Waals surface area (Å²) in [6.45, 7) is 3.86. The van der Waals surface area contributed by atoms with Crippen LogP contribution in [0.1, 0.15) is 19.8 Å². The largest absolute Gasteiger partial charge is 0.480 e. The van der Waals surface area contributed by atoms with E-state index in [2.05, 4.69) is 5.32 Å². The van der Waals surface area contributed by atoms with Gasteiger partial charge < -0.3 is 10.4 Å². The van der Waals surface area contributed by atoms with E-state index in [1.165, 1.54) is 0 Å². The summed E-state index contributed by atoms with van der Waals surface area (Å²) >= 11 is 0. The van der Waals surface area contributed by atoms with Crippen molar-refractivity contribution in [2.24, 2.45) is 0 Å². The molecule has 4 nitrogen and oxygen atoms in total. The molecule has 0 bridgehead atoms. The molecule has 1 fully saturated rings. The average molecular weight is 186 g/mol. The van der Waals surface area contributed by atoms with Crippen molar-refractivity contribution in [2.45, 2.75) is 31.8 Å². The SMILES string of the molecule is CCCC(C(=O)O)N(C)C1CNC1. The molecule has 1 saturated heterocycles. The highest BCUT2D eigenvalue weighted by Gasteiger charge is 2.30. The smallest absolute Gasteiger partial charge is 0.320 e. The number of carbonyl (C=O) groups is 1. The Balaban J connectivity index is 2.46. The minimum atomic E-state index is -0.698. The van der Waals surface area contributed by atoms with Crippen LogP contribution >= 0.6 is 0 Å². The second-order valence-corrected chi connectivity index (χ2v) is 3.62. The number of nitrogens with one attached hydrogen (secondary N) is 1. The van der Waals surface area contributed by atoms with Gasteiger partial charge in [0.05, 0.1) is 0 Å². The van der Waals surface area contributed by atoms with Gasteiger partial charge in [0.15, 0.2) is 0 Å². The van der Waals surface area contributed by atoms with E-state index >= 15 is 0 Å². The van der Waals surface area contributed by atoms with Crippen molar-refractivity contribution in [1.29, 1.82) is 0 Å². The van der Waals surface area contributed by atoms with Crippen LogP contribution in [0.25, 0.3) is 0 Å². The maximum absolute atomic E-state index is 10.9. The van der Waals surface area contributed by atoms with E-state index in [0.29, 0.717) is 6.04 Å². The summed E-state index contributed by atoms with van der Waals surface area (Å²) in [6.07, 6.45) is 1.66. The van der Waals surface area contributed by atoms with Gasteiger partial charge in [0, 0.05) is 19.1 Å². The molecule has 0 aromatic carbocycles. The summed E-state index contributed by atoms with van der Waals surface area (Å²) < 4.78 is 0. The van der Waals surface area contributed by atoms with Crippen LogP contribution in [0.15, 0.2) is 0 Å². The number of carboxylic acids is 1. The standard InChI is InChI=1S/C9H18N2O2/c1-3-4-8(9(12)13)11(2)7-5-10-6-7/h7-8,10H,3-6H2,1-2H3,(H,12,13). The normalized spacial score (nSPS) is 19.9. The van der Waals surface area contributed by atoms with Crippen molar-refractivity contribution in [2.75, 3.05) is 20.1 Å². The molecule has 0 saturated carbocycles. The molecule has 1 rings (SSSR count). The zero-order chi connectivity index (χ0) is 9.84. The van der Waals surface area contributed by atoms with E-state index < -0.39 is 5.97 Å². The minimum Gasteiger partial charge on any atom is -0.480 e. The first kappa shape index (κ1) is 10.5. The van der Waals surface area contributed by atoms with Gasteiger partial charge in [-0.25, -0.2) is 0 Å². The summed E-state index contributed by atoms with van der Waals surface area (Å²) in [7, 11) is 1.90. The number of hydrogen-bond acceptors (Lipinski definition) is 3. The summed E-state index contributed by atoms with van der Waals surface area (Å²) in [6, 6.07) is 0.102. The summed E-state index contributed by atoms with van der Waals surface area (Å²) in [4.78, 5) is 12.9. The quantitative estimate of drug-likeness (QED) is 0.641. The van der Waals surface area contributed by atoms with E-state index in [1.807, 2.05) is 18.9 Å². The molecule has 0 aliphatic carbocycles. The van der Waals surface area contributed by atoms with Crippen LogP contribution in [-0.2, 0) is 4.79 Å². The topological polar surface area (TPSA) is 52.6 Å². The Kier molecular flexibility index (Phi) is 3.69. The number of carboxylic acid groups (broad SMARTS) is 1. The zero-order valence-corrected chi connectivity index (χ0v) is 8.29. The number of nitrogens with zero attached hydrogens (tertiary/aromatic N) is 1. The monoisotopic (exact) mass is 186 g/mol. The van der Waals surface area contributed by atoms with Crippen LogP contribution in [0.3, 0.4) is 0 Å². The lowest BCUT2D eigenvalue weighted by atomic mass is 10.1. The second-order valence-electron chi connectivity index (χ2n) is 3.62. The van der Waals surface area contributed by atoms with Gasteiger partial charge in [-0.15, -0.1) is 0 Å². The number of hydrogen-bond donors (Lipinski definition) is 2. The van der Waals surface area contributed by atoms with Crippen molar-refractivity contribution in [3.63, 3.8) is 0 Å². The van der Waals surface area contributed by atoms with Crippen molar-refractivity contribution in [3.05, 3.63) is 0 Å². The average Bonchev–Trinajstić information content (AvgIpc) is 1.95. The predicted molar refractivity (Wildman–Crippen MR) is 50.8 cm³/mol. The third-order valence-electron chi connectivity index (χ3n) is 2.67. The summed E-state index contributed by atoms with van der Waals surface area (Å²) in [5.74, 6) is -0.698. The Labute approximate surface area is 78.9 Å². The van der Waals surface area contributed by atoms with Crippen LogP contribution in [0.4, 0.5) is 0 Å². The van der Waals surface area contributed by atoms with Crippen LogP contribution in [0.5, 0.6) is 0 Å². The third-order valence-corrected chi connectivity index (χ3v) is 2.67. The highest BCUT2D eigenvalue weighted by atomic mass is 16.4. The molecule has 1 heterocycles. The van der Waals surface area contributed by atoms with Gasteiger partial charge in [0.1, 0.15) is 6.04 Å². The molecule has 13 heavy (non-hydrogen) atoms. The Hall–Kier alpha value is -0.610. The molecule has 76 valence electrons. The van der Waals surface area contributed by atoms with Crippen molar-refractivity contribution in [1.82, 2.24) is 10.2 Å². The molecule has 2 N–H and O–H groups in total. The second kappa shape index (κ2) is 4.58. The van der Waals surface area contributed by atoms with Crippen molar-refractivity contribution in [3.8, 4) is 0 Å². The van der Waals surface area contributed by atoms with Gasteiger partial charge in [-0.3, -0.25) is 9.69 Å². The van der Waals surface area contributed by atoms with Gasteiger partial charge >= 0.3 is 5.97 Å². The van der Waals surface area contributed by atoms with Crippen LogP contribution in [0, 0.1) is 0 Å². The fourth-order valence-corrected chi connectivity index (χ4v) is 1.59. The summed E-state index contributed by atoms with van der Waals surface area (Å²) in [5, 5.41) is 12.1. The third kappa shape index (κ3) is 2.42.